The second-order valence-corrected chi connectivity index (χ2v) is 4.36. The van der Waals surface area contributed by atoms with Crippen molar-refractivity contribution in [3.8, 4) is 0 Å². The largest absolute Gasteiger partial charge is 0.416 e. The molecule has 80 valence electrons. The molecule has 1 nitrogen and oxygen atoms in total. The van der Waals surface area contributed by atoms with Gasteiger partial charge in [0.15, 0.2) is 0 Å². The average molecular weight is 213 g/mol. The molecule has 1 saturated carbocycles. The van der Waals surface area contributed by atoms with Gasteiger partial charge >= 0.3 is 6.18 Å². The number of alkyl halides is 3. The van der Waals surface area contributed by atoms with Crippen molar-refractivity contribution < 1.29 is 13.2 Å². The van der Waals surface area contributed by atoms with Crippen molar-refractivity contribution in [1.29, 1.82) is 0 Å². The van der Waals surface area contributed by atoms with Crippen LogP contribution in [0.3, 0.4) is 0 Å². The van der Waals surface area contributed by atoms with Crippen LogP contribution in [0.15, 0.2) is 18.2 Å². The van der Waals surface area contributed by atoms with Crippen LogP contribution in [0, 0.1) is 0 Å². The van der Waals surface area contributed by atoms with Crippen LogP contribution in [0.2, 0.25) is 0 Å². The van der Waals surface area contributed by atoms with Crippen molar-refractivity contribution in [3.63, 3.8) is 0 Å². The molecule has 1 N–H and O–H groups in total. The van der Waals surface area contributed by atoms with Gasteiger partial charge in [0.05, 0.1) is 5.56 Å². The number of halogens is 3. The molecule has 0 radical (unpaired) electrons. The zero-order valence-electron chi connectivity index (χ0n) is 7.99. The van der Waals surface area contributed by atoms with Gasteiger partial charge in [0.1, 0.15) is 0 Å². The van der Waals surface area contributed by atoms with Crippen molar-refractivity contribution in [3.05, 3.63) is 29.3 Å². The molecular formula is C11H10F3N. The van der Waals surface area contributed by atoms with E-state index in [-0.39, 0.29) is 5.41 Å². The first-order valence-corrected chi connectivity index (χ1v) is 4.98. The predicted molar refractivity (Wildman–Crippen MR) is 50.8 cm³/mol. The fourth-order valence-corrected chi connectivity index (χ4v) is 2.44. The van der Waals surface area contributed by atoms with E-state index in [0.717, 1.165) is 12.8 Å². The fourth-order valence-electron chi connectivity index (χ4n) is 2.44. The highest BCUT2D eigenvalue weighted by Gasteiger charge is 2.53. The molecule has 0 amide bonds. The van der Waals surface area contributed by atoms with Crippen LogP contribution in [-0.4, -0.2) is 6.54 Å². The summed E-state index contributed by atoms with van der Waals surface area (Å²) in [5, 5.41) is 3.07. The van der Waals surface area contributed by atoms with Gasteiger partial charge < -0.3 is 5.32 Å². The van der Waals surface area contributed by atoms with Gasteiger partial charge in [0.25, 0.3) is 0 Å². The third kappa shape index (κ3) is 1.17. The van der Waals surface area contributed by atoms with Crippen LogP contribution in [0.4, 0.5) is 18.9 Å². The van der Waals surface area contributed by atoms with E-state index in [1.165, 1.54) is 12.1 Å². The molecule has 0 aromatic heterocycles. The Labute approximate surface area is 85.3 Å². The van der Waals surface area contributed by atoms with Gasteiger partial charge in [-0.1, -0.05) is 6.07 Å². The van der Waals surface area contributed by atoms with Crippen molar-refractivity contribution in [2.75, 3.05) is 11.9 Å². The second-order valence-electron chi connectivity index (χ2n) is 4.36. The molecule has 1 heterocycles. The fraction of sp³-hybridized carbons (Fsp3) is 0.455. The van der Waals surface area contributed by atoms with E-state index in [0.29, 0.717) is 17.8 Å². The summed E-state index contributed by atoms with van der Waals surface area (Å²) in [4.78, 5) is 0. The molecule has 1 spiro atoms. The molecule has 15 heavy (non-hydrogen) atoms. The van der Waals surface area contributed by atoms with Crippen molar-refractivity contribution in [2.45, 2.75) is 24.4 Å². The highest BCUT2D eigenvalue weighted by atomic mass is 19.4. The van der Waals surface area contributed by atoms with E-state index in [1.54, 1.807) is 6.07 Å². The van der Waals surface area contributed by atoms with Gasteiger partial charge in [0.2, 0.25) is 0 Å². The zero-order chi connectivity index (χ0) is 10.7. The van der Waals surface area contributed by atoms with Crippen LogP contribution in [0.1, 0.15) is 24.0 Å². The normalized spacial score (nSPS) is 21.3. The van der Waals surface area contributed by atoms with Crippen molar-refractivity contribution in [2.24, 2.45) is 0 Å². The summed E-state index contributed by atoms with van der Waals surface area (Å²) >= 11 is 0. The Bertz CT molecular complexity index is 418. The summed E-state index contributed by atoms with van der Waals surface area (Å²) in [5.74, 6) is 0. The molecule has 1 aromatic carbocycles. The SMILES string of the molecule is FC(F)(F)c1cccc2c1C1(CC1)CN2. The summed E-state index contributed by atoms with van der Waals surface area (Å²) in [7, 11) is 0. The topological polar surface area (TPSA) is 12.0 Å². The molecule has 1 aromatic rings. The minimum Gasteiger partial charge on any atom is -0.384 e. The molecule has 0 saturated heterocycles. The zero-order valence-corrected chi connectivity index (χ0v) is 7.99. The van der Waals surface area contributed by atoms with Gasteiger partial charge in [-0.25, -0.2) is 0 Å². The molecule has 4 heteroatoms. The summed E-state index contributed by atoms with van der Waals surface area (Å²) in [6.45, 7) is 0.662. The maximum Gasteiger partial charge on any atom is 0.416 e. The van der Waals surface area contributed by atoms with Gasteiger partial charge in [-0.05, 0) is 30.5 Å². The maximum absolute atomic E-state index is 12.8. The number of fused-ring (bicyclic) bond motifs is 2. The molecule has 0 unspecified atom stereocenters. The number of benzene rings is 1. The van der Waals surface area contributed by atoms with Crippen LogP contribution in [0.25, 0.3) is 0 Å². The predicted octanol–water partition coefficient (Wildman–Crippen LogP) is 3.16. The number of nitrogens with one attached hydrogen (secondary N) is 1. The maximum atomic E-state index is 12.8. The highest BCUT2D eigenvalue weighted by molar-refractivity contribution is 5.66. The number of rotatable bonds is 0. The monoisotopic (exact) mass is 213 g/mol. The first-order chi connectivity index (χ1) is 7.03. The standard InChI is InChI=1S/C11H10F3N/c12-11(13,14)7-2-1-3-8-9(7)10(4-5-10)6-15-8/h1-3,15H,4-6H2. The molecular weight excluding hydrogens is 203 g/mol. The van der Waals surface area contributed by atoms with Crippen LogP contribution < -0.4 is 5.32 Å². The van der Waals surface area contributed by atoms with Crippen molar-refractivity contribution in [1.82, 2.24) is 0 Å². The van der Waals surface area contributed by atoms with E-state index >= 15 is 0 Å². The smallest absolute Gasteiger partial charge is 0.384 e. The Morgan fingerprint density at radius 3 is 2.53 bits per heavy atom. The number of hydrogen-bond donors (Lipinski definition) is 1. The Balaban J connectivity index is 2.21. The molecule has 2 aliphatic rings. The van der Waals surface area contributed by atoms with E-state index in [9.17, 15) is 13.2 Å². The lowest BCUT2D eigenvalue weighted by atomic mass is 9.93. The number of hydrogen-bond acceptors (Lipinski definition) is 1. The van der Waals surface area contributed by atoms with Gasteiger partial charge in [-0.3, -0.25) is 0 Å². The molecule has 3 rings (SSSR count). The van der Waals surface area contributed by atoms with Crippen LogP contribution in [-0.2, 0) is 11.6 Å². The Morgan fingerprint density at radius 1 is 1.20 bits per heavy atom. The summed E-state index contributed by atoms with van der Waals surface area (Å²) in [5.41, 5.74) is 0.504. The lowest BCUT2D eigenvalue weighted by Gasteiger charge is -2.15. The van der Waals surface area contributed by atoms with Crippen molar-refractivity contribution >= 4 is 5.69 Å². The lowest BCUT2D eigenvalue weighted by molar-refractivity contribution is -0.138. The lowest BCUT2D eigenvalue weighted by Crippen LogP contribution is -2.15. The van der Waals surface area contributed by atoms with Gasteiger partial charge in [-0.15, -0.1) is 0 Å². The van der Waals surface area contributed by atoms with E-state index in [1.807, 2.05) is 0 Å². The summed E-state index contributed by atoms with van der Waals surface area (Å²) < 4.78 is 38.4. The quantitative estimate of drug-likeness (QED) is 0.698. The van der Waals surface area contributed by atoms with Gasteiger partial charge in [0, 0.05) is 17.6 Å². The van der Waals surface area contributed by atoms with Gasteiger partial charge in [-0.2, -0.15) is 13.2 Å². The summed E-state index contributed by atoms with van der Waals surface area (Å²) in [6, 6.07) is 4.39. The Kier molecular flexibility index (Phi) is 1.50. The van der Waals surface area contributed by atoms with Crippen LogP contribution in [0.5, 0.6) is 0 Å². The average Bonchev–Trinajstić information content (AvgIpc) is 2.83. The minimum absolute atomic E-state index is 0.207. The number of anilines is 1. The first-order valence-electron chi connectivity index (χ1n) is 4.98. The minimum atomic E-state index is -4.23. The van der Waals surface area contributed by atoms with Crippen LogP contribution >= 0.6 is 0 Å². The third-order valence-electron chi connectivity index (χ3n) is 3.37. The first kappa shape index (κ1) is 9.07. The summed E-state index contributed by atoms with van der Waals surface area (Å²) in [6.07, 6.45) is -2.48. The third-order valence-corrected chi connectivity index (χ3v) is 3.37. The molecule has 0 bridgehead atoms. The second kappa shape index (κ2) is 2.49. The Morgan fingerprint density at radius 2 is 1.93 bits per heavy atom. The molecule has 1 fully saturated rings. The van der Waals surface area contributed by atoms with E-state index < -0.39 is 11.7 Å². The Hall–Kier alpha value is -1.19. The van der Waals surface area contributed by atoms with E-state index in [2.05, 4.69) is 5.32 Å². The van der Waals surface area contributed by atoms with E-state index in [4.69, 9.17) is 0 Å². The molecule has 1 aliphatic carbocycles. The highest BCUT2D eigenvalue weighted by Crippen LogP contribution is 2.57. The molecule has 0 atom stereocenters. The molecule has 1 aliphatic heterocycles.